The van der Waals surface area contributed by atoms with Crippen molar-refractivity contribution in [3.05, 3.63) is 69.6 Å². The van der Waals surface area contributed by atoms with Crippen LogP contribution in [0.1, 0.15) is 63.4 Å². The third-order valence-corrected chi connectivity index (χ3v) is 6.92. The van der Waals surface area contributed by atoms with Gasteiger partial charge in [0, 0.05) is 17.8 Å². The Morgan fingerprint density at radius 3 is 2.54 bits per heavy atom. The molecule has 2 aromatic heterocycles. The summed E-state index contributed by atoms with van der Waals surface area (Å²) in [4.78, 5) is 30.6. The summed E-state index contributed by atoms with van der Waals surface area (Å²) < 4.78 is 41.2. The van der Waals surface area contributed by atoms with E-state index >= 15 is 0 Å². The molecule has 0 atom stereocenters. The standard InChI is InChI=1S/C25H20ClF3N6O2/c1-13-9-14(12-30)10-16(22(36)33-24(6-7-24)15-4-5-15)20(13)32-23(37)18-11-19(25(27,28)29)34-35(18)21-17(26)3-2-8-31-21/h2-3,8-11,15H,4-7H2,1H3,(H,32,37)(H,33,36). The summed E-state index contributed by atoms with van der Waals surface area (Å²) in [6, 6.07) is 8.31. The molecule has 8 nitrogen and oxygen atoms in total. The van der Waals surface area contributed by atoms with Crippen LogP contribution in [0.3, 0.4) is 0 Å². The normalized spacial score (nSPS) is 16.1. The van der Waals surface area contributed by atoms with Crippen LogP contribution in [0, 0.1) is 24.2 Å². The van der Waals surface area contributed by atoms with Gasteiger partial charge in [-0.15, -0.1) is 0 Å². The molecule has 0 aliphatic heterocycles. The van der Waals surface area contributed by atoms with Crippen LogP contribution in [0.15, 0.2) is 36.5 Å². The Kier molecular flexibility index (Phi) is 5.95. The fourth-order valence-electron chi connectivity index (χ4n) is 4.45. The number of aromatic nitrogens is 3. The number of alkyl halides is 3. The van der Waals surface area contributed by atoms with Crippen molar-refractivity contribution in [3.63, 3.8) is 0 Å². The van der Waals surface area contributed by atoms with E-state index in [9.17, 15) is 28.0 Å². The van der Waals surface area contributed by atoms with Gasteiger partial charge >= 0.3 is 6.18 Å². The molecular formula is C25H20ClF3N6O2. The van der Waals surface area contributed by atoms with Gasteiger partial charge in [-0.3, -0.25) is 9.59 Å². The highest BCUT2D eigenvalue weighted by atomic mass is 35.5. The number of nitriles is 1. The predicted molar refractivity (Wildman–Crippen MR) is 127 cm³/mol. The van der Waals surface area contributed by atoms with Crippen molar-refractivity contribution in [2.75, 3.05) is 5.32 Å². The Hall–Kier alpha value is -3.91. The van der Waals surface area contributed by atoms with Gasteiger partial charge < -0.3 is 10.6 Å². The van der Waals surface area contributed by atoms with Gasteiger partial charge in [0.15, 0.2) is 11.5 Å². The second kappa shape index (κ2) is 8.88. The number of nitrogens with zero attached hydrogens (tertiary/aromatic N) is 4. The number of nitrogens with one attached hydrogen (secondary N) is 2. The van der Waals surface area contributed by atoms with Crippen molar-refractivity contribution in [2.24, 2.45) is 5.92 Å². The molecule has 0 unspecified atom stereocenters. The largest absolute Gasteiger partial charge is 0.435 e. The summed E-state index contributed by atoms with van der Waals surface area (Å²) in [5.41, 5.74) is -1.33. The van der Waals surface area contributed by atoms with Crippen molar-refractivity contribution in [1.29, 1.82) is 5.26 Å². The lowest BCUT2D eigenvalue weighted by atomic mass is 10.0. The number of rotatable bonds is 6. The molecule has 2 aliphatic carbocycles. The topological polar surface area (TPSA) is 113 Å². The van der Waals surface area contributed by atoms with Gasteiger partial charge in [0.2, 0.25) is 0 Å². The minimum Gasteiger partial charge on any atom is -0.346 e. The minimum absolute atomic E-state index is 0.0159. The lowest BCUT2D eigenvalue weighted by Gasteiger charge is -2.20. The van der Waals surface area contributed by atoms with E-state index in [1.54, 1.807) is 6.92 Å². The number of carbonyl (C=O) groups is 2. The Balaban J connectivity index is 1.53. The second-order valence-corrected chi connectivity index (χ2v) is 9.71. The number of benzene rings is 1. The summed E-state index contributed by atoms with van der Waals surface area (Å²) in [6.45, 7) is 1.59. The molecule has 12 heteroatoms. The van der Waals surface area contributed by atoms with Crippen LogP contribution in [0.4, 0.5) is 18.9 Å². The zero-order valence-electron chi connectivity index (χ0n) is 19.5. The lowest BCUT2D eigenvalue weighted by molar-refractivity contribution is -0.141. The molecule has 3 aromatic rings. The number of halogens is 4. The van der Waals surface area contributed by atoms with Crippen molar-refractivity contribution in [1.82, 2.24) is 20.1 Å². The Morgan fingerprint density at radius 2 is 1.95 bits per heavy atom. The zero-order chi connectivity index (χ0) is 26.5. The molecule has 5 rings (SSSR count). The average molecular weight is 529 g/mol. The monoisotopic (exact) mass is 528 g/mol. The molecule has 2 saturated carbocycles. The van der Waals surface area contributed by atoms with Gasteiger partial charge in [-0.05, 0) is 68.4 Å². The lowest BCUT2D eigenvalue weighted by Crippen LogP contribution is -2.39. The van der Waals surface area contributed by atoms with E-state index in [0.29, 0.717) is 22.2 Å². The molecule has 0 radical (unpaired) electrons. The summed E-state index contributed by atoms with van der Waals surface area (Å²) >= 11 is 6.12. The van der Waals surface area contributed by atoms with E-state index < -0.39 is 29.4 Å². The van der Waals surface area contributed by atoms with Crippen molar-refractivity contribution < 1.29 is 22.8 Å². The number of anilines is 1. The van der Waals surface area contributed by atoms with E-state index in [1.807, 2.05) is 6.07 Å². The molecule has 2 fully saturated rings. The first kappa shape index (κ1) is 24.8. The molecule has 190 valence electrons. The van der Waals surface area contributed by atoms with E-state index in [1.165, 1.54) is 30.5 Å². The van der Waals surface area contributed by atoms with Gasteiger partial charge in [0.1, 0.15) is 5.69 Å². The summed E-state index contributed by atoms with van der Waals surface area (Å²) in [6.07, 6.45) is 0.237. The van der Waals surface area contributed by atoms with E-state index in [4.69, 9.17) is 11.6 Å². The number of hydrogen-bond donors (Lipinski definition) is 2. The molecular weight excluding hydrogens is 509 g/mol. The Bertz CT molecular complexity index is 1470. The average Bonchev–Trinajstić information content (AvgIpc) is 3.77. The molecule has 37 heavy (non-hydrogen) atoms. The van der Waals surface area contributed by atoms with Gasteiger partial charge in [-0.1, -0.05) is 11.6 Å². The van der Waals surface area contributed by atoms with E-state index in [-0.39, 0.29) is 33.2 Å². The third-order valence-electron chi connectivity index (χ3n) is 6.63. The molecule has 0 saturated heterocycles. The van der Waals surface area contributed by atoms with Crippen molar-refractivity contribution >= 4 is 29.1 Å². The molecule has 1 aromatic carbocycles. The molecule has 2 amide bonds. The predicted octanol–water partition coefficient (Wildman–Crippen LogP) is 5.04. The molecule has 2 N–H and O–H groups in total. The quantitative estimate of drug-likeness (QED) is 0.465. The first-order valence-corrected chi connectivity index (χ1v) is 11.9. The number of amides is 2. The molecule has 2 aliphatic rings. The summed E-state index contributed by atoms with van der Waals surface area (Å²) in [7, 11) is 0. The highest BCUT2D eigenvalue weighted by molar-refractivity contribution is 6.32. The van der Waals surface area contributed by atoms with Crippen molar-refractivity contribution in [2.45, 2.75) is 44.3 Å². The number of pyridine rings is 1. The van der Waals surface area contributed by atoms with Gasteiger partial charge in [-0.25, -0.2) is 9.67 Å². The molecule has 0 spiro atoms. The van der Waals surface area contributed by atoms with Crippen LogP contribution >= 0.6 is 11.6 Å². The fourth-order valence-corrected chi connectivity index (χ4v) is 4.65. The summed E-state index contributed by atoms with van der Waals surface area (Å²) in [5, 5.41) is 18.6. The number of aryl methyl sites for hydroxylation is 1. The SMILES string of the molecule is Cc1cc(C#N)cc(C(=O)NC2(C3CC3)CC2)c1NC(=O)c1cc(C(F)(F)F)nn1-c1ncccc1Cl. The number of hydrogen-bond acceptors (Lipinski definition) is 5. The fraction of sp³-hybridized carbons (Fsp3) is 0.320. The first-order valence-electron chi connectivity index (χ1n) is 11.5. The highest BCUT2D eigenvalue weighted by Crippen LogP contribution is 2.53. The first-order chi connectivity index (χ1) is 17.5. The minimum atomic E-state index is -4.83. The maximum absolute atomic E-state index is 13.5. The Morgan fingerprint density at radius 1 is 1.22 bits per heavy atom. The smallest absolute Gasteiger partial charge is 0.346 e. The van der Waals surface area contributed by atoms with Crippen LogP contribution in [-0.4, -0.2) is 32.1 Å². The van der Waals surface area contributed by atoms with Gasteiger partial charge in [0.05, 0.1) is 27.9 Å². The van der Waals surface area contributed by atoms with Gasteiger partial charge in [0.25, 0.3) is 11.8 Å². The van der Waals surface area contributed by atoms with Crippen LogP contribution < -0.4 is 10.6 Å². The summed E-state index contributed by atoms with van der Waals surface area (Å²) in [5.74, 6) is -1.18. The zero-order valence-corrected chi connectivity index (χ0v) is 20.2. The highest BCUT2D eigenvalue weighted by Gasteiger charge is 2.55. The van der Waals surface area contributed by atoms with Gasteiger partial charge in [-0.2, -0.15) is 23.5 Å². The van der Waals surface area contributed by atoms with Crippen LogP contribution in [0.5, 0.6) is 0 Å². The van der Waals surface area contributed by atoms with Crippen LogP contribution in [-0.2, 0) is 6.18 Å². The Labute approximate surface area is 214 Å². The second-order valence-electron chi connectivity index (χ2n) is 9.30. The maximum Gasteiger partial charge on any atom is 0.435 e. The number of carbonyl (C=O) groups excluding carboxylic acids is 2. The van der Waals surface area contributed by atoms with E-state index in [0.717, 1.165) is 25.7 Å². The van der Waals surface area contributed by atoms with Crippen LogP contribution in [0.2, 0.25) is 5.02 Å². The molecule has 2 heterocycles. The maximum atomic E-state index is 13.5. The molecule has 0 bridgehead atoms. The third kappa shape index (κ3) is 4.76. The van der Waals surface area contributed by atoms with E-state index in [2.05, 4.69) is 20.7 Å². The van der Waals surface area contributed by atoms with Crippen molar-refractivity contribution in [3.8, 4) is 11.9 Å². The van der Waals surface area contributed by atoms with Crippen LogP contribution in [0.25, 0.3) is 5.82 Å².